The summed E-state index contributed by atoms with van der Waals surface area (Å²) in [5.41, 5.74) is 3.13. The average Bonchev–Trinajstić information content (AvgIpc) is 3.11. The lowest BCUT2D eigenvalue weighted by Crippen LogP contribution is -2.29. The SMILES string of the molecule is O=C(CC1CCCCC1)NCCn1c(CCc2ccccc2)nc2cccnc21. The first-order valence-electron chi connectivity index (χ1n) is 10.9. The van der Waals surface area contributed by atoms with Crippen LogP contribution in [0.4, 0.5) is 0 Å². The van der Waals surface area contributed by atoms with E-state index in [1.54, 1.807) is 0 Å². The van der Waals surface area contributed by atoms with Crippen LogP contribution < -0.4 is 5.32 Å². The van der Waals surface area contributed by atoms with E-state index in [2.05, 4.69) is 39.1 Å². The van der Waals surface area contributed by atoms with Gasteiger partial charge in [0.25, 0.3) is 0 Å². The molecule has 3 aromatic rings. The molecule has 152 valence electrons. The van der Waals surface area contributed by atoms with E-state index in [9.17, 15) is 4.79 Å². The predicted molar refractivity (Wildman–Crippen MR) is 116 cm³/mol. The number of imidazole rings is 1. The maximum absolute atomic E-state index is 12.3. The van der Waals surface area contributed by atoms with Gasteiger partial charge in [0, 0.05) is 32.1 Å². The molecule has 0 bridgehead atoms. The highest BCUT2D eigenvalue weighted by atomic mass is 16.1. The zero-order valence-electron chi connectivity index (χ0n) is 17.0. The summed E-state index contributed by atoms with van der Waals surface area (Å²) in [5, 5.41) is 3.12. The van der Waals surface area contributed by atoms with Crippen LogP contribution in [-0.2, 0) is 24.2 Å². The van der Waals surface area contributed by atoms with Crippen molar-refractivity contribution in [1.29, 1.82) is 0 Å². The molecule has 29 heavy (non-hydrogen) atoms. The van der Waals surface area contributed by atoms with E-state index in [0.717, 1.165) is 29.8 Å². The van der Waals surface area contributed by atoms with Crippen LogP contribution in [0.3, 0.4) is 0 Å². The highest BCUT2D eigenvalue weighted by Gasteiger charge is 2.17. The molecule has 1 amide bonds. The fourth-order valence-corrected chi connectivity index (χ4v) is 4.36. The topological polar surface area (TPSA) is 59.8 Å². The molecule has 2 aromatic heterocycles. The Morgan fingerprint density at radius 1 is 1.03 bits per heavy atom. The van der Waals surface area contributed by atoms with Crippen LogP contribution in [-0.4, -0.2) is 27.0 Å². The van der Waals surface area contributed by atoms with Gasteiger partial charge in [0.15, 0.2) is 5.65 Å². The molecule has 4 rings (SSSR count). The molecule has 1 fully saturated rings. The number of amides is 1. The van der Waals surface area contributed by atoms with Gasteiger partial charge >= 0.3 is 0 Å². The summed E-state index contributed by atoms with van der Waals surface area (Å²) >= 11 is 0. The Kier molecular flexibility index (Phi) is 6.55. The standard InChI is InChI=1S/C24H30N4O/c29-23(18-20-10-5-2-6-11-20)25-16-17-28-22(14-13-19-8-3-1-4-9-19)27-21-12-7-15-26-24(21)28/h1,3-4,7-9,12,15,20H,2,5-6,10-11,13-14,16-18H2,(H,25,29). The second kappa shape index (κ2) is 9.68. The number of carbonyl (C=O) groups excluding carboxylic acids is 1. The first-order chi connectivity index (χ1) is 14.3. The Balaban J connectivity index is 1.38. The molecule has 1 N–H and O–H groups in total. The van der Waals surface area contributed by atoms with Crippen LogP contribution >= 0.6 is 0 Å². The van der Waals surface area contributed by atoms with Crippen LogP contribution in [0, 0.1) is 5.92 Å². The molecule has 1 aliphatic carbocycles. The third kappa shape index (κ3) is 5.22. The predicted octanol–water partition coefficient (Wildman–Crippen LogP) is 4.30. The smallest absolute Gasteiger partial charge is 0.220 e. The summed E-state index contributed by atoms with van der Waals surface area (Å²) in [6, 6.07) is 14.4. The van der Waals surface area contributed by atoms with Gasteiger partial charge in [-0.05, 0) is 42.9 Å². The Morgan fingerprint density at radius 3 is 2.69 bits per heavy atom. The summed E-state index contributed by atoms with van der Waals surface area (Å²) in [7, 11) is 0. The Hall–Kier alpha value is -2.69. The molecule has 2 heterocycles. The Morgan fingerprint density at radius 2 is 1.86 bits per heavy atom. The third-order valence-corrected chi connectivity index (χ3v) is 5.92. The Labute approximate surface area is 172 Å². The minimum atomic E-state index is 0.181. The number of hydrogen-bond acceptors (Lipinski definition) is 3. The molecular weight excluding hydrogens is 360 g/mol. The first-order valence-corrected chi connectivity index (χ1v) is 10.9. The summed E-state index contributed by atoms with van der Waals surface area (Å²) < 4.78 is 2.17. The molecule has 0 radical (unpaired) electrons. The van der Waals surface area contributed by atoms with Crippen LogP contribution in [0.1, 0.15) is 49.9 Å². The van der Waals surface area contributed by atoms with Gasteiger partial charge in [0.1, 0.15) is 11.3 Å². The molecule has 0 aliphatic heterocycles. The van der Waals surface area contributed by atoms with E-state index in [1.165, 1.54) is 37.7 Å². The number of fused-ring (bicyclic) bond motifs is 1. The molecule has 1 aromatic carbocycles. The maximum Gasteiger partial charge on any atom is 0.220 e. The van der Waals surface area contributed by atoms with Crippen molar-refractivity contribution in [3.05, 3.63) is 60.0 Å². The molecule has 1 aliphatic rings. The van der Waals surface area contributed by atoms with Crippen LogP contribution in [0.15, 0.2) is 48.7 Å². The van der Waals surface area contributed by atoms with Crippen molar-refractivity contribution in [2.45, 2.75) is 57.9 Å². The lowest BCUT2D eigenvalue weighted by atomic mass is 9.87. The second-order valence-corrected chi connectivity index (χ2v) is 8.07. The van der Waals surface area contributed by atoms with Crippen molar-refractivity contribution in [2.75, 3.05) is 6.54 Å². The van der Waals surface area contributed by atoms with E-state index in [4.69, 9.17) is 4.98 Å². The van der Waals surface area contributed by atoms with Crippen molar-refractivity contribution in [2.24, 2.45) is 5.92 Å². The lowest BCUT2D eigenvalue weighted by Gasteiger charge is -2.20. The van der Waals surface area contributed by atoms with Gasteiger partial charge in [-0.15, -0.1) is 0 Å². The van der Waals surface area contributed by atoms with Crippen LogP contribution in [0.25, 0.3) is 11.2 Å². The molecule has 0 atom stereocenters. The summed E-state index contributed by atoms with van der Waals surface area (Å²) in [4.78, 5) is 21.7. The summed E-state index contributed by atoms with van der Waals surface area (Å²) in [5.74, 6) is 1.78. The molecule has 0 spiro atoms. The van der Waals surface area contributed by atoms with Gasteiger partial charge in [-0.2, -0.15) is 0 Å². The fraction of sp³-hybridized carbons (Fsp3) is 0.458. The molecule has 0 saturated heterocycles. The third-order valence-electron chi connectivity index (χ3n) is 5.92. The number of pyridine rings is 1. The monoisotopic (exact) mass is 390 g/mol. The zero-order valence-corrected chi connectivity index (χ0v) is 17.0. The lowest BCUT2D eigenvalue weighted by molar-refractivity contribution is -0.122. The number of hydrogen-bond donors (Lipinski definition) is 1. The van der Waals surface area contributed by atoms with Crippen molar-refractivity contribution < 1.29 is 4.79 Å². The van der Waals surface area contributed by atoms with Gasteiger partial charge in [-0.3, -0.25) is 4.79 Å². The van der Waals surface area contributed by atoms with Crippen molar-refractivity contribution in [3.63, 3.8) is 0 Å². The van der Waals surface area contributed by atoms with Crippen LogP contribution in [0.2, 0.25) is 0 Å². The number of nitrogens with zero attached hydrogens (tertiary/aromatic N) is 3. The van der Waals surface area contributed by atoms with Gasteiger partial charge in [0.05, 0.1) is 0 Å². The van der Waals surface area contributed by atoms with Gasteiger partial charge in [-0.25, -0.2) is 9.97 Å². The minimum absolute atomic E-state index is 0.181. The number of aryl methyl sites for hydroxylation is 2. The van der Waals surface area contributed by atoms with Crippen molar-refractivity contribution >= 4 is 17.1 Å². The van der Waals surface area contributed by atoms with Crippen molar-refractivity contribution in [1.82, 2.24) is 19.9 Å². The fourth-order valence-electron chi connectivity index (χ4n) is 4.36. The van der Waals surface area contributed by atoms with E-state index in [1.807, 2.05) is 24.4 Å². The van der Waals surface area contributed by atoms with Gasteiger partial charge in [-0.1, -0.05) is 49.6 Å². The zero-order chi connectivity index (χ0) is 19.9. The van der Waals surface area contributed by atoms with E-state index >= 15 is 0 Å². The summed E-state index contributed by atoms with van der Waals surface area (Å²) in [6.45, 7) is 1.32. The molecule has 1 saturated carbocycles. The van der Waals surface area contributed by atoms with E-state index < -0.39 is 0 Å². The highest BCUT2D eigenvalue weighted by molar-refractivity contribution is 5.76. The van der Waals surface area contributed by atoms with Crippen LogP contribution in [0.5, 0.6) is 0 Å². The minimum Gasteiger partial charge on any atom is -0.354 e. The van der Waals surface area contributed by atoms with Gasteiger partial charge in [0.2, 0.25) is 5.91 Å². The second-order valence-electron chi connectivity index (χ2n) is 8.07. The maximum atomic E-state index is 12.3. The summed E-state index contributed by atoms with van der Waals surface area (Å²) in [6.07, 6.45) is 10.6. The van der Waals surface area contributed by atoms with E-state index in [-0.39, 0.29) is 5.91 Å². The molecule has 5 nitrogen and oxygen atoms in total. The average molecular weight is 391 g/mol. The van der Waals surface area contributed by atoms with E-state index in [0.29, 0.717) is 25.4 Å². The van der Waals surface area contributed by atoms with Gasteiger partial charge < -0.3 is 9.88 Å². The largest absolute Gasteiger partial charge is 0.354 e. The first kappa shape index (κ1) is 19.6. The number of aromatic nitrogens is 3. The van der Waals surface area contributed by atoms with Crippen molar-refractivity contribution in [3.8, 4) is 0 Å². The number of benzene rings is 1. The normalized spacial score (nSPS) is 14.9. The quantitative estimate of drug-likeness (QED) is 0.624. The molecule has 5 heteroatoms. The number of rotatable bonds is 8. The molecule has 0 unspecified atom stereocenters. The number of nitrogens with one attached hydrogen (secondary N) is 1. The molecular formula is C24H30N4O. The Bertz CT molecular complexity index is 928. The highest BCUT2D eigenvalue weighted by Crippen LogP contribution is 2.26. The number of carbonyl (C=O) groups is 1.